The van der Waals surface area contributed by atoms with E-state index in [1.807, 2.05) is 25.1 Å². The molecule has 0 radical (unpaired) electrons. The van der Waals surface area contributed by atoms with Crippen molar-refractivity contribution in [2.24, 2.45) is 5.73 Å². The molecule has 0 saturated carbocycles. The maximum absolute atomic E-state index is 12.0. The fraction of sp³-hybridized carbons (Fsp3) is 0.0909. The van der Waals surface area contributed by atoms with Crippen molar-refractivity contribution in [2.75, 3.05) is 0 Å². The van der Waals surface area contributed by atoms with Crippen LogP contribution in [0.3, 0.4) is 0 Å². The first-order valence-corrected chi connectivity index (χ1v) is 8.84. The quantitative estimate of drug-likeness (QED) is 0.561. The Kier molecular flexibility index (Phi) is 4.67. The standard InChI is InChI=1S/C22H16N4O3/c1-13-4-2-3-5-18(13)28-20(21(24)27)15-7-8-16(25-12-15)22-26-17-10-14(11-23)6-9-19(17)29-22/h2-10,12,20H,1H3,(H2,24,27). The highest BCUT2D eigenvalue weighted by Crippen LogP contribution is 2.27. The van der Waals surface area contributed by atoms with Crippen LogP contribution in [0.1, 0.15) is 22.8 Å². The molecule has 2 N–H and O–H groups in total. The highest BCUT2D eigenvalue weighted by molar-refractivity contribution is 5.81. The van der Waals surface area contributed by atoms with E-state index in [9.17, 15) is 4.79 Å². The summed E-state index contributed by atoms with van der Waals surface area (Å²) in [5.74, 6) is 0.276. The fourth-order valence-corrected chi connectivity index (χ4v) is 2.90. The summed E-state index contributed by atoms with van der Waals surface area (Å²) in [4.78, 5) is 20.7. The average Bonchev–Trinajstić information content (AvgIpc) is 3.16. The highest BCUT2D eigenvalue weighted by atomic mass is 16.5. The predicted octanol–water partition coefficient (Wildman–Crippen LogP) is 3.68. The molecule has 0 aliphatic carbocycles. The van der Waals surface area contributed by atoms with Crippen LogP contribution in [0.5, 0.6) is 5.75 Å². The summed E-state index contributed by atoms with van der Waals surface area (Å²) >= 11 is 0. The molecule has 29 heavy (non-hydrogen) atoms. The van der Waals surface area contributed by atoms with Crippen molar-refractivity contribution in [1.82, 2.24) is 9.97 Å². The number of aryl methyl sites for hydroxylation is 1. The number of pyridine rings is 1. The molecule has 0 spiro atoms. The largest absolute Gasteiger partial charge is 0.475 e. The fourth-order valence-electron chi connectivity index (χ4n) is 2.90. The van der Waals surface area contributed by atoms with Gasteiger partial charge in [0.15, 0.2) is 5.58 Å². The second kappa shape index (κ2) is 7.44. The van der Waals surface area contributed by atoms with Crippen LogP contribution in [-0.2, 0) is 4.79 Å². The Morgan fingerprint density at radius 3 is 2.72 bits per heavy atom. The molecule has 2 heterocycles. The van der Waals surface area contributed by atoms with Crippen molar-refractivity contribution >= 4 is 17.0 Å². The van der Waals surface area contributed by atoms with Gasteiger partial charge in [0.1, 0.15) is 17.0 Å². The molecule has 1 unspecified atom stereocenters. The minimum absolute atomic E-state index is 0.317. The molecule has 0 bridgehead atoms. The Labute approximate surface area is 166 Å². The van der Waals surface area contributed by atoms with Gasteiger partial charge in [0.05, 0.1) is 11.6 Å². The van der Waals surface area contributed by atoms with Crippen LogP contribution >= 0.6 is 0 Å². The molecule has 0 saturated heterocycles. The predicted molar refractivity (Wildman–Crippen MR) is 106 cm³/mol. The Morgan fingerprint density at radius 2 is 2.03 bits per heavy atom. The molecule has 4 rings (SSSR count). The van der Waals surface area contributed by atoms with E-state index in [-0.39, 0.29) is 0 Å². The number of aromatic nitrogens is 2. The van der Waals surface area contributed by atoms with E-state index in [0.29, 0.717) is 39.6 Å². The van der Waals surface area contributed by atoms with E-state index >= 15 is 0 Å². The molecule has 0 aliphatic heterocycles. The Bertz CT molecular complexity index is 1240. The molecular formula is C22H16N4O3. The van der Waals surface area contributed by atoms with Gasteiger partial charge in [-0.05, 0) is 42.8 Å². The van der Waals surface area contributed by atoms with E-state index in [1.54, 1.807) is 36.4 Å². The molecule has 7 heteroatoms. The number of rotatable bonds is 5. The molecule has 7 nitrogen and oxygen atoms in total. The summed E-state index contributed by atoms with van der Waals surface area (Å²) in [5.41, 5.74) is 9.08. The summed E-state index contributed by atoms with van der Waals surface area (Å²) in [5, 5.41) is 9.00. The number of hydrogen-bond acceptors (Lipinski definition) is 6. The van der Waals surface area contributed by atoms with Gasteiger partial charge in [-0.1, -0.05) is 24.3 Å². The Morgan fingerprint density at radius 1 is 1.21 bits per heavy atom. The highest BCUT2D eigenvalue weighted by Gasteiger charge is 2.22. The van der Waals surface area contributed by atoms with Crippen LogP contribution < -0.4 is 10.5 Å². The number of benzene rings is 2. The normalized spacial score (nSPS) is 11.7. The maximum Gasteiger partial charge on any atom is 0.263 e. The van der Waals surface area contributed by atoms with Gasteiger partial charge in [-0.3, -0.25) is 9.78 Å². The smallest absolute Gasteiger partial charge is 0.263 e. The van der Waals surface area contributed by atoms with E-state index in [0.717, 1.165) is 5.56 Å². The third-order valence-corrected chi connectivity index (χ3v) is 4.42. The van der Waals surface area contributed by atoms with Crippen LogP contribution in [0.2, 0.25) is 0 Å². The summed E-state index contributed by atoms with van der Waals surface area (Å²) in [7, 11) is 0. The van der Waals surface area contributed by atoms with Gasteiger partial charge in [0, 0.05) is 11.8 Å². The second-order valence-electron chi connectivity index (χ2n) is 6.46. The number of carbonyl (C=O) groups excluding carboxylic acids is 1. The number of oxazole rings is 1. The van der Waals surface area contributed by atoms with Crippen molar-refractivity contribution in [3.8, 4) is 23.4 Å². The lowest BCUT2D eigenvalue weighted by molar-refractivity contribution is -0.125. The summed E-state index contributed by atoms with van der Waals surface area (Å²) < 4.78 is 11.5. The molecule has 2 aromatic carbocycles. The minimum atomic E-state index is -0.973. The number of fused-ring (bicyclic) bond motifs is 1. The van der Waals surface area contributed by atoms with Crippen LogP contribution in [0, 0.1) is 18.3 Å². The SMILES string of the molecule is Cc1ccccc1OC(C(N)=O)c1ccc(-c2nc3cc(C#N)ccc3o2)nc1. The van der Waals surface area contributed by atoms with Crippen LogP contribution in [0.25, 0.3) is 22.7 Å². The van der Waals surface area contributed by atoms with Gasteiger partial charge >= 0.3 is 0 Å². The van der Waals surface area contributed by atoms with E-state index in [4.69, 9.17) is 20.1 Å². The van der Waals surface area contributed by atoms with Crippen molar-refractivity contribution in [2.45, 2.75) is 13.0 Å². The third-order valence-electron chi connectivity index (χ3n) is 4.42. The first kappa shape index (κ1) is 18.2. The number of para-hydroxylation sites is 1. The lowest BCUT2D eigenvalue weighted by Gasteiger charge is -2.17. The van der Waals surface area contributed by atoms with Crippen molar-refractivity contribution < 1.29 is 13.9 Å². The number of carbonyl (C=O) groups is 1. The number of amides is 1. The minimum Gasteiger partial charge on any atom is -0.475 e. The lowest BCUT2D eigenvalue weighted by Crippen LogP contribution is -2.26. The molecule has 1 amide bonds. The van der Waals surface area contributed by atoms with Gasteiger partial charge in [-0.25, -0.2) is 4.98 Å². The van der Waals surface area contributed by atoms with Crippen molar-refractivity contribution in [3.63, 3.8) is 0 Å². The van der Waals surface area contributed by atoms with Gasteiger partial charge in [0.2, 0.25) is 12.0 Å². The molecule has 2 aromatic heterocycles. The first-order valence-electron chi connectivity index (χ1n) is 8.84. The third kappa shape index (κ3) is 3.64. The monoisotopic (exact) mass is 384 g/mol. The van der Waals surface area contributed by atoms with Crippen molar-refractivity contribution in [1.29, 1.82) is 5.26 Å². The second-order valence-corrected chi connectivity index (χ2v) is 6.46. The van der Waals surface area contributed by atoms with E-state index in [2.05, 4.69) is 16.0 Å². The van der Waals surface area contributed by atoms with Gasteiger partial charge in [-0.2, -0.15) is 5.26 Å². The number of primary amides is 1. The van der Waals surface area contributed by atoms with E-state index < -0.39 is 12.0 Å². The average molecular weight is 384 g/mol. The van der Waals surface area contributed by atoms with Crippen molar-refractivity contribution in [3.05, 3.63) is 77.5 Å². The number of ether oxygens (including phenoxy) is 1. The zero-order valence-corrected chi connectivity index (χ0v) is 15.5. The number of nitrogens with two attached hydrogens (primary N) is 1. The molecule has 0 aliphatic rings. The van der Waals surface area contributed by atoms with Crippen LogP contribution in [0.15, 0.2) is 65.2 Å². The number of nitriles is 1. The van der Waals surface area contributed by atoms with Gasteiger partial charge < -0.3 is 14.9 Å². The zero-order valence-electron chi connectivity index (χ0n) is 15.5. The van der Waals surface area contributed by atoms with Gasteiger partial charge in [0.25, 0.3) is 5.91 Å². The summed E-state index contributed by atoms with van der Waals surface area (Å²) in [6.45, 7) is 1.89. The molecule has 0 fully saturated rings. The molecule has 1 atom stereocenters. The first-order chi connectivity index (χ1) is 14.0. The Hall–Kier alpha value is -4.18. The number of nitrogens with zero attached hydrogens (tertiary/aromatic N) is 3. The summed E-state index contributed by atoms with van der Waals surface area (Å²) in [6, 6.07) is 17.8. The number of hydrogen-bond donors (Lipinski definition) is 1. The zero-order chi connectivity index (χ0) is 20.4. The van der Waals surface area contributed by atoms with Gasteiger partial charge in [-0.15, -0.1) is 0 Å². The Balaban J connectivity index is 1.63. The molecule has 142 valence electrons. The van der Waals surface area contributed by atoms with Crippen LogP contribution in [-0.4, -0.2) is 15.9 Å². The maximum atomic E-state index is 12.0. The topological polar surface area (TPSA) is 115 Å². The molecular weight excluding hydrogens is 368 g/mol. The van der Waals surface area contributed by atoms with Crippen LogP contribution in [0.4, 0.5) is 0 Å². The summed E-state index contributed by atoms with van der Waals surface area (Å²) in [6.07, 6.45) is 0.540. The van der Waals surface area contributed by atoms with E-state index in [1.165, 1.54) is 6.20 Å². The molecule has 4 aromatic rings. The lowest BCUT2D eigenvalue weighted by atomic mass is 10.1.